The monoisotopic (exact) mass is 269 g/mol. The van der Waals surface area contributed by atoms with E-state index >= 15 is 0 Å². The third-order valence-corrected chi connectivity index (χ3v) is 3.79. The van der Waals surface area contributed by atoms with Gasteiger partial charge in [-0.1, -0.05) is 30.3 Å². The van der Waals surface area contributed by atoms with Crippen molar-refractivity contribution < 1.29 is 9.18 Å². The van der Waals surface area contributed by atoms with Crippen molar-refractivity contribution in [2.24, 2.45) is 0 Å². The van der Waals surface area contributed by atoms with Crippen molar-refractivity contribution in [1.29, 1.82) is 0 Å². The number of likely N-dealkylation sites (tertiary alicyclic amines) is 1. The molecule has 1 amide bonds. The molecule has 20 heavy (non-hydrogen) atoms. The van der Waals surface area contributed by atoms with Crippen LogP contribution in [0.3, 0.4) is 0 Å². The van der Waals surface area contributed by atoms with Gasteiger partial charge >= 0.3 is 0 Å². The van der Waals surface area contributed by atoms with E-state index in [9.17, 15) is 9.18 Å². The van der Waals surface area contributed by atoms with Gasteiger partial charge in [0.05, 0.1) is 6.04 Å². The minimum absolute atomic E-state index is 0.0532. The van der Waals surface area contributed by atoms with Crippen molar-refractivity contribution in [1.82, 2.24) is 4.90 Å². The Morgan fingerprint density at radius 2 is 1.75 bits per heavy atom. The number of carbonyl (C=O) groups excluding carboxylic acids is 1. The molecule has 0 aliphatic carbocycles. The van der Waals surface area contributed by atoms with Crippen molar-refractivity contribution >= 4 is 5.91 Å². The third-order valence-electron chi connectivity index (χ3n) is 3.79. The van der Waals surface area contributed by atoms with Crippen LogP contribution in [-0.2, 0) is 0 Å². The van der Waals surface area contributed by atoms with E-state index < -0.39 is 0 Å². The summed E-state index contributed by atoms with van der Waals surface area (Å²) in [6, 6.07) is 15.8. The quantitative estimate of drug-likeness (QED) is 0.812. The van der Waals surface area contributed by atoms with Crippen LogP contribution >= 0.6 is 0 Å². The molecule has 0 radical (unpaired) electrons. The Morgan fingerprint density at radius 3 is 2.45 bits per heavy atom. The van der Waals surface area contributed by atoms with E-state index in [2.05, 4.69) is 0 Å². The Labute approximate surface area is 117 Å². The number of carbonyl (C=O) groups is 1. The Balaban J connectivity index is 1.86. The molecule has 102 valence electrons. The molecule has 3 rings (SSSR count). The SMILES string of the molecule is O=C(c1ccccc1)N1CCCC1c1ccc(F)cc1. The van der Waals surface area contributed by atoms with E-state index in [0.717, 1.165) is 24.9 Å². The summed E-state index contributed by atoms with van der Waals surface area (Å²) in [6.45, 7) is 0.760. The van der Waals surface area contributed by atoms with Crippen LogP contribution in [0.25, 0.3) is 0 Å². The molecule has 1 heterocycles. The van der Waals surface area contributed by atoms with Gasteiger partial charge in [-0.05, 0) is 42.7 Å². The molecule has 2 aromatic carbocycles. The van der Waals surface area contributed by atoms with Crippen molar-refractivity contribution in [2.75, 3.05) is 6.54 Å². The molecule has 1 aliphatic rings. The van der Waals surface area contributed by atoms with Gasteiger partial charge in [-0.15, -0.1) is 0 Å². The van der Waals surface area contributed by atoms with Crippen LogP contribution in [0.15, 0.2) is 54.6 Å². The highest BCUT2D eigenvalue weighted by atomic mass is 19.1. The summed E-state index contributed by atoms with van der Waals surface area (Å²) < 4.78 is 13.0. The summed E-state index contributed by atoms with van der Waals surface area (Å²) in [7, 11) is 0. The number of hydrogen-bond donors (Lipinski definition) is 0. The molecule has 1 aliphatic heterocycles. The maximum atomic E-state index is 13.0. The van der Waals surface area contributed by atoms with E-state index in [1.54, 1.807) is 12.1 Å². The number of benzene rings is 2. The summed E-state index contributed by atoms with van der Waals surface area (Å²) in [5.74, 6) is -0.190. The zero-order valence-electron chi connectivity index (χ0n) is 11.1. The van der Waals surface area contributed by atoms with Gasteiger partial charge in [0, 0.05) is 12.1 Å². The second kappa shape index (κ2) is 5.45. The topological polar surface area (TPSA) is 20.3 Å². The second-order valence-electron chi connectivity index (χ2n) is 5.07. The van der Waals surface area contributed by atoms with Gasteiger partial charge in [0.1, 0.15) is 5.82 Å². The first kappa shape index (κ1) is 12.9. The number of halogens is 1. The van der Waals surface area contributed by atoms with Gasteiger partial charge in [0.15, 0.2) is 0 Å². The van der Waals surface area contributed by atoms with Gasteiger partial charge in [-0.2, -0.15) is 0 Å². The summed E-state index contributed by atoms with van der Waals surface area (Å²) >= 11 is 0. The van der Waals surface area contributed by atoms with Crippen molar-refractivity contribution in [3.63, 3.8) is 0 Å². The molecule has 0 N–H and O–H groups in total. The third kappa shape index (κ3) is 2.44. The van der Waals surface area contributed by atoms with Gasteiger partial charge in [0.25, 0.3) is 5.91 Å². The predicted octanol–water partition coefficient (Wildman–Crippen LogP) is 3.80. The first-order valence-electron chi connectivity index (χ1n) is 6.87. The van der Waals surface area contributed by atoms with Gasteiger partial charge in [0.2, 0.25) is 0 Å². The maximum Gasteiger partial charge on any atom is 0.254 e. The van der Waals surface area contributed by atoms with E-state index in [1.807, 2.05) is 35.2 Å². The minimum Gasteiger partial charge on any atom is -0.332 e. The normalized spacial score (nSPS) is 18.2. The molecule has 1 atom stereocenters. The highest BCUT2D eigenvalue weighted by Gasteiger charge is 2.30. The molecule has 1 unspecified atom stereocenters. The fourth-order valence-electron chi connectivity index (χ4n) is 2.79. The molecule has 2 nitrogen and oxygen atoms in total. The lowest BCUT2D eigenvalue weighted by atomic mass is 10.0. The van der Waals surface area contributed by atoms with Gasteiger partial charge < -0.3 is 4.90 Å². The predicted molar refractivity (Wildman–Crippen MR) is 75.9 cm³/mol. The van der Waals surface area contributed by atoms with E-state index in [0.29, 0.717) is 5.56 Å². The fraction of sp³-hybridized carbons (Fsp3) is 0.235. The van der Waals surface area contributed by atoms with Crippen LogP contribution in [0.5, 0.6) is 0 Å². The van der Waals surface area contributed by atoms with E-state index in [4.69, 9.17) is 0 Å². The number of amides is 1. The standard InChI is InChI=1S/C17H16FNO/c18-15-10-8-13(9-11-15)16-7-4-12-19(16)17(20)14-5-2-1-3-6-14/h1-3,5-6,8-11,16H,4,7,12H2. The Morgan fingerprint density at radius 1 is 1.05 bits per heavy atom. The molecule has 0 saturated carbocycles. The Hall–Kier alpha value is -2.16. The highest BCUT2D eigenvalue weighted by Crippen LogP contribution is 2.33. The number of nitrogens with zero attached hydrogens (tertiary/aromatic N) is 1. The first-order chi connectivity index (χ1) is 9.75. The summed E-state index contributed by atoms with van der Waals surface area (Å²) in [6.07, 6.45) is 1.92. The average molecular weight is 269 g/mol. The first-order valence-corrected chi connectivity index (χ1v) is 6.87. The summed E-state index contributed by atoms with van der Waals surface area (Å²) in [5, 5.41) is 0. The lowest BCUT2D eigenvalue weighted by Gasteiger charge is -2.25. The van der Waals surface area contributed by atoms with Gasteiger partial charge in [-0.25, -0.2) is 4.39 Å². The van der Waals surface area contributed by atoms with Gasteiger partial charge in [-0.3, -0.25) is 4.79 Å². The zero-order valence-corrected chi connectivity index (χ0v) is 11.1. The number of rotatable bonds is 2. The van der Waals surface area contributed by atoms with Crippen LogP contribution in [0.2, 0.25) is 0 Å². The van der Waals surface area contributed by atoms with E-state index in [1.165, 1.54) is 12.1 Å². The van der Waals surface area contributed by atoms with Crippen LogP contribution in [0.1, 0.15) is 34.8 Å². The van der Waals surface area contributed by atoms with Crippen molar-refractivity contribution in [3.05, 3.63) is 71.5 Å². The molecule has 1 fully saturated rings. The van der Waals surface area contributed by atoms with Crippen molar-refractivity contribution in [2.45, 2.75) is 18.9 Å². The molecule has 0 spiro atoms. The molecular weight excluding hydrogens is 253 g/mol. The molecular formula is C17H16FNO. The average Bonchev–Trinajstić information content (AvgIpc) is 2.97. The smallest absolute Gasteiger partial charge is 0.254 e. The number of hydrogen-bond acceptors (Lipinski definition) is 1. The van der Waals surface area contributed by atoms with Crippen LogP contribution in [0, 0.1) is 5.82 Å². The van der Waals surface area contributed by atoms with E-state index in [-0.39, 0.29) is 17.8 Å². The zero-order chi connectivity index (χ0) is 13.9. The molecule has 0 aromatic heterocycles. The molecule has 0 bridgehead atoms. The summed E-state index contributed by atoms with van der Waals surface area (Å²) in [4.78, 5) is 14.4. The highest BCUT2D eigenvalue weighted by molar-refractivity contribution is 5.94. The lowest BCUT2D eigenvalue weighted by Crippen LogP contribution is -2.30. The maximum absolute atomic E-state index is 13.0. The van der Waals surface area contributed by atoms with Crippen LogP contribution in [0.4, 0.5) is 4.39 Å². The Bertz CT molecular complexity index is 594. The lowest BCUT2D eigenvalue weighted by molar-refractivity contribution is 0.0735. The Kier molecular flexibility index (Phi) is 3.50. The minimum atomic E-state index is -0.243. The second-order valence-corrected chi connectivity index (χ2v) is 5.07. The van der Waals surface area contributed by atoms with Crippen LogP contribution < -0.4 is 0 Å². The fourth-order valence-corrected chi connectivity index (χ4v) is 2.79. The van der Waals surface area contributed by atoms with Crippen LogP contribution in [-0.4, -0.2) is 17.4 Å². The largest absolute Gasteiger partial charge is 0.332 e. The summed E-state index contributed by atoms with van der Waals surface area (Å²) in [5.41, 5.74) is 1.72. The van der Waals surface area contributed by atoms with Crippen molar-refractivity contribution in [3.8, 4) is 0 Å². The molecule has 3 heteroatoms. The molecule has 2 aromatic rings. The molecule has 1 saturated heterocycles.